The molecule has 110 valence electrons. The Hall–Kier alpha value is -3.13. The summed E-state index contributed by atoms with van der Waals surface area (Å²) in [6, 6.07) is 14.9. The van der Waals surface area contributed by atoms with Crippen molar-refractivity contribution < 1.29 is 9.53 Å². The van der Waals surface area contributed by atoms with Gasteiger partial charge in [0.1, 0.15) is 12.7 Å². The number of nitrogens with one attached hydrogen (secondary N) is 1. The zero-order valence-corrected chi connectivity index (χ0v) is 11.9. The molecule has 0 radical (unpaired) electrons. The first kappa shape index (κ1) is 15.3. The van der Waals surface area contributed by atoms with Crippen molar-refractivity contribution in [3.05, 3.63) is 71.6 Å². The first-order valence-electron chi connectivity index (χ1n) is 6.75. The van der Waals surface area contributed by atoms with Crippen LogP contribution in [0.1, 0.15) is 16.8 Å². The summed E-state index contributed by atoms with van der Waals surface area (Å²) >= 11 is 0. The lowest BCUT2D eigenvalue weighted by Crippen LogP contribution is -2.24. The van der Waals surface area contributed by atoms with Crippen molar-refractivity contribution in [1.82, 2.24) is 10.3 Å². The zero-order valence-electron chi connectivity index (χ0n) is 11.9. The largest absolute Gasteiger partial charge is 0.445 e. The van der Waals surface area contributed by atoms with Crippen LogP contribution in [0.3, 0.4) is 0 Å². The molecule has 0 aliphatic rings. The Morgan fingerprint density at radius 1 is 1.27 bits per heavy atom. The van der Waals surface area contributed by atoms with Crippen LogP contribution in [-0.2, 0) is 11.3 Å². The molecule has 0 atom stereocenters. The average Bonchev–Trinajstić information content (AvgIpc) is 2.58. The molecule has 1 amide bonds. The molecule has 0 unspecified atom stereocenters. The van der Waals surface area contributed by atoms with E-state index in [0.717, 1.165) is 11.3 Å². The number of hydrogen-bond acceptors (Lipinski definition) is 4. The highest BCUT2D eigenvalue weighted by Crippen LogP contribution is 2.01. The quantitative estimate of drug-likeness (QED) is 0.919. The number of alkyl carbamates (subject to hydrolysis) is 1. The lowest BCUT2D eigenvalue weighted by molar-refractivity contribution is 0.141. The number of amides is 1. The Bertz CT molecular complexity index is 673. The van der Waals surface area contributed by atoms with Gasteiger partial charge in [0.2, 0.25) is 0 Å². The van der Waals surface area contributed by atoms with Crippen LogP contribution in [0.15, 0.2) is 54.7 Å². The van der Waals surface area contributed by atoms with E-state index in [2.05, 4.69) is 10.3 Å². The van der Waals surface area contributed by atoms with Crippen molar-refractivity contribution in [1.29, 1.82) is 5.26 Å². The monoisotopic (exact) mass is 293 g/mol. The number of hydrogen-bond donors (Lipinski definition) is 1. The van der Waals surface area contributed by atoms with Gasteiger partial charge >= 0.3 is 6.09 Å². The van der Waals surface area contributed by atoms with Gasteiger partial charge in [0, 0.05) is 12.7 Å². The molecular formula is C17H15N3O2. The maximum Gasteiger partial charge on any atom is 0.407 e. The molecule has 0 saturated carbocycles. The first-order valence-corrected chi connectivity index (χ1v) is 6.75. The fourth-order valence-corrected chi connectivity index (χ4v) is 1.67. The number of aromatic nitrogens is 1. The predicted octanol–water partition coefficient (Wildman–Crippen LogP) is 2.89. The van der Waals surface area contributed by atoms with Gasteiger partial charge in [-0.15, -0.1) is 0 Å². The summed E-state index contributed by atoms with van der Waals surface area (Å²) in [5, 5.41) is 11.3. The van der Waals surface area contributed by atoms with Crippen molar-refractivity contribution in [3.63, 3.8) is 0 Å². The van der Waals surface area contributed by atoms with Gasteiger partial charge in [-0.2, -0.15) is 5.26 Å². The SMILES string of the molecule is N#Cc1ccc(C=CCNC(=O)OCc2ccccc2)nc1. The standard InChI is InChI=1S/C17H15N3O2/c18-11-15-8-9-16(20-12-15)7-4-10-19-17(21)22-13-14-5-2-1-3-6-14/h1-9,12H,10,13H2,(H,19,21). The third-order valence-electron chi connectivity index (χ3n) is 2.78. The number of pyridine rings is 1. The third-order valence-corrected chi connectivity index (χ3v) is 2.78. The summed E-state index contributed by atoms with van der Waals surface area (Å²) in [7, 11) is 0. The van der Waals surface area contributed by atoms with Crippen LogP contribution in [-0.4, -0.2) is 17.6 Å². The van der Waals surface area contributed by atoms with Gasteiger partial charge in [-0.25, -0.2) is 4.79 Å². The Balaban J connectivity index is 1.70. The number of nitriles is 1. The molecule has 2 aromatic rings. The minimum Gasteiger partial charge on any atom is -0.445 e. The van der Waals surface area contributed by atoms with E-state index in [4.69, 9.17) is 10.00 Å². The van der Waals surface area contributed by atoms with Gasteiger partial charge in [-0.3, -0.25) is 4.98 Å². The Morgan fingerprint density at radius 2 is 2.09 bits per heavy atom. The number of carbonyl (C=O) groups excluding carboxylic acids is 1. The highest BCUT2D eigenvalue weighted by atomic mass is 16.5. The molecule has 1 N–H and O–H groups in total. The molecule has 1 heterocycles. The number of rotatable bonds is 5. The van der Waals surface area contributed by atoms with Gasteiger partial charge in [-0.1, -0.05) is 36.4 Å². The second kappa shape index (κ2) is 8.22. The molecule has 5 nitrogen and oxygen atoms in total. The lowest BCUT2D eigenvalue weighted by atomic mass is 10.2. The van der Waals surface area contributed by atoms with E-state index in [0.29, 0.717) is 12.1 Å². The van der Waals surface area contributed by atoms with Crippen molar-refractivity contribution in [2.24, 2.45) is 0 Å². The van der Waals surface area contributed by atoms with Crippen LogP contribution in [0, 0.1) is 11.3 Å². The summed E-state index contributed by atoms with van der Waals surface area (Å²) in [5.41, 5.74) is 2.17. The summed E-state index contributed by atoms with van der Waals surface area (Å²) in [6.07, 6.45) is 4.55. The van der Waals surface area contributed by atoms with E-state index in [1.165, 1.54) is 6.20 Å². The Morgan fingerprint density at radius 3 is 2.77 bits per heavy atom. The summed E-state index contributed by atoms with van der Waals surface area (Å²) < 4.78 is 5.08. The second-order valence-corrected chi connectivity index (χ2v) is 4.43. The maximum absolute atomic E-state index is 11.5. The molecule has 1 aromatic heterocycles. The molecule has 0 spiro atoms. The summed E-state index contributed by atoms with van der Waals surface area (Å²) in [5.74, 6) is 0. The molecule has 0 aliphatic carbocycles. The number of ether oxygens (including phenoxy) is 1. The minimum atomic E-state index is -0.471. The van der Waals surface area contributed by atoms with Gasteiger partial charge in [0.05, 0.1) is 11.3 Å². The number of carbonyl (C=O) groups is 1. The fraction of sp³-hybridized carbons (Fsp3) is 0.118. The molecule has 0 fully saturated rings. The van der Waals surface area contributed by atoms with Crippen LogP contribution >= 0.6 is 0 Å². The number of nitrogens with zero attached hydrogens (tertiary/aromatic N) is 2. The first-order chi connectivity index (χ1) is 10.8. The molecular weight excluding hydrogens is 278 g/mol. The van der Waals surface area contributed by atoms with Crippen molar-refractivity contribution in [3.8, 4) is 6.07 Å². The lowest BCUT2D eigenvalue weighted by Gasteiger charge is -2.05. The molecule has 0 aliphatic heterocycles. The predicted molar refractivity (Wildman–Crippen MR) is 82.6 cm³/mol. The Kier molecular flexibility index (Phi) is 5.70. The minimum absolute atomic E-state index is 0.244. The van der Waals surface area contributed by atoms with E-state index in [1.54, 1.807) is 24.3 Å². The summed E-state index contributed by atoms with van der Waals surface area (Å²) in [4.78, 5) is 15.6. The smallest absolute Gasteiger partial charge is 0.407 e. The molecule has 0 saturated heterocycles. The van der Waals surface area contributed by atoms with E-state index in [1.807, 2.05) is 36.4 Å². The van der Waals surface area contributed by atoms with Crippen LogP contribution in [0.25, 0.3) is 6.08 Å². The van der Waals surface area contributed by atoms with Gasteiger partial charge in [0.25, 0.3) is 0 Å². The maximum atomic E-state index is 11.5. The van der Waals surface area contributed by atoms with Crippen molar-refractivity contribution in [2.75, 3.05) is 6.54 Å². The van der Waals surface area contributed by atoms with Gasteiger partial charge in [-0.05, 0) is 23.8 Å². The van der Waals surface area contributed by atoms with Crippen LogP contribution in [0.2, 0.25) is 0 Å². The molecule has 22 heavy (non-hydrogen) atoms. The van der Waals surface area contributed by atoms with Crippen molar-refractivity contribution >= 4 is 12.2 Å². The number of benzene rings is 1. The van der Waals surface area contributed by atoms with Gasteiger partial charge < -0.3 is 10.1 Å². The van der Waals surface area contributed by atoms with E-state index in [-0.39, 0.29) is 6.61 Å². The highest BCUT2D eigenvalue weighted by molar-refractivity contribution is 5.67. The summed E-state index contributed by atoms with van der Waals surface area (Å²) in [6.45, 7) is 0.586. The Labute approximate surface area is 128 Å². The van der Waals surface area contributed by atoms with Crippen LogP contribution in [0.4, 0.5) is 4.79 Å². The molecule has 0 bridgehead atoms. The zero-order chi connectivity index (χ0) is 15.6. The fourth-order valence-electron chi connectivity index (χ4n) is 1.67. The molecule has 2 rings (SSSR count). The van der Waals surface area contributed by atoms with Crippen molar-refractivity contribution in [2.45, 2.75) is 6.61 Å². The molecule has 1 aromatic carbocycles. The van der Waals surface area contributed by atoms with Crippen LogP contribution < -0.4 is 5.32 Å². The highest BCUT2D eigenvalue weighted by Gasteiger charge is 2.00. The van der Waals surface area contributed by atoms with Crippen LogP contribution in [0.5, 0.6) is 0 Å². The topological polar surface area (TPSA) is 75.0 Å². The van der Waals surface area contributed by atoms with E-state index < -0.39 is 6.09 Å². The van der Waals surface area contributed by atoms with E-state index >= 15 is 0 Å². The van der Waals surface area contributed by atoms with E-state index in [9.17, 15) is 4.79 Å². The second-order valence-electron chi connectivity index (χ2n) is 4.43. The average molecular weight is 293 g/mol. The van der Waals surface area contributed by atoms with Gasteiger partial charge in [0.15, 0.2) is 0 Å². The molecule has 5 heteroatoms. The normalized spacial score (nSPS) is 10.1. The third kappa shape index (κ3) is 5.10.